The third-order valence-electron chi connectivity index (χ3n) is 2.28. The van der Waals surface area contributed by atoms with E-state index < -0.39 is 0 Å². The maximum atomic E-state index is 11.8. The lowest BCUT2D eigenvalue weighted by molar-refractivity contribution is -0.143. The normalized spacial score (nSPS) is 10.0. The summed E-state index contributed by atoms with van der Waals surface area (Å²) in [5, 5.41) is 0. The highest BCUT2D eigenvalue weighted by Gasteiger charge is 2.16. The molecule has 0 aliphatic carbocycles. The average molecular weight is 236 g/mol. The van der Waals surface area contributed by atoms with Crippen LogP contribution in [0.1, 0.15) is 18.9 Å². The predicted molar refractivity (Wildman–Crippen MR) is 61.8 cm³/mol. The molecular weight excluding hydrogens is 220 g/mol. The zero-order valence-corrected chi connectivity index (χ0v) is 9.80. The highest BCUT2D eigenvalue weighted by atomic mass is 16.2. The second kappa shape index (κ2) is 6.70. The molecule has 1 heterocycles. The number of carbonyl (C=O) groups excluding carboxylic acids is 2. The molecule has 0 fully saturated rings. The van der Waals surface area contributed by atoms with E-state index >= 15 is 0 Å². The number of aryl methyl sites for hydroxylation is 1. The number of amides is 2. The van der Waals surface area contributed by atoms with Gasteiger partial charge in [0, 0.05) is 38.8 Å². The minimum atomic E-state index is -0.273. The molecular formula is C11H16N4O2. The lowest BCUT2D eigenvalue weighted by Gasteiger charge is -2.17. The molecule has 6 nitrogen and oxygen atoms in total. The smallest absolute Gasteiger partial charge is 0.229 e. The molecule has 0 atom stereocenters. The molecule has 0 spiro atoms. The number of aromatic nitrogens is 2. The summed E-state index contributed by atoms with van der Waals surface area (Å²) in [6.07, 6.45) is 5.52. The van der Waals surface area contributed by atoms with Crippen LogP contribution in [0.3, 0.4) is 0 Å². The van der Waals surface area contributed by atoms with E-state index in [0.717, 1.165) is 5.56 Å². The Morgan fingerprint density at radius 3 is 2.53 bits per heavy atom. The van der Waals surface area contributed by atoms with Gasteiger partial charge < -0.3 is 5.73 Å². The Kier molecular flexibility index (Phi) is 5.22. The van der Waals surface area contributed by atoms with Gasteiger partial charge in [-0.15, -0.1) is 0 Å². The molecule has 0 aromatic carbocycles. The number of hydrogen-bond donors (Lipinski definition) is 1. The number of nitrogens with zero attached hydrogens (tertiary/aromatic N) is 3. The largest absolute Gasteiger partial charge is 0.329 e. The van der Waals surface area contributed by atoms with Gasteiger partial charge >= 0.3 is 0 Å². The van der Waals surface area contributed by atoms with Gasteiger partial charge in [-0.1, -0.05) is 0 Å². The van der Waals surface area contributed by atoms with Gasteiger partial charge in [0.15, 0.2) is 0 Å². The molecule has 0 aliphatic rings. The molecule has 0 radical (unpaired) electrons. The summed E-state index contributed by atoms with van der Waals surface area (Å²) >= 11 is 0. The van der Waals surface area contributed by atoms with Crippen molar-refractivity contribution in [2.24, 2.45) is 5.73 Å². The van der Waals surface area contributed by atoms with Crippen molar-refractivity contribution in [3.63, 3.8) is 0 Å². The van der Waals surface area contributed by atoms with Crippen molar-refractivity contribution in [3.8, 4) is 0 Å². The molecule has 0 bridgehead atoms. The van der Waals surface area contributed by atoms with E-state index in [1.165, 1.54) is 18.2 Å². The second-order valence-electron chi connectivity index (χ2n) is 3.60. The standard InChI is InChI=1S/C11H16N4O2/c1-9(16)15(5-4-12)11(17)3-2-10-6-13-8-14-7-10/h6-8H,2-5,12H2,1H3. The minimum absolute atomic E-state index is 0.216. The van der Waals surface area contributed by atoms with Crippen LogP contribution in [-0.2, 0) is 16.0 Å². The molecule has 1 aromatic heterocycles. The summed E-state index contributed by atoms with van der Waals surface area (Å²) in [6, 6.07) is 0. The summed E-state index contributed by atoms with van der Waals surface area (Å²) in [5.74, 6) is -0.489. The lowest BCUT2D eigenvalue weighted by atomic mass is 10.2. The van der Waals surface area contributed by atoms with Crippen LogP contribution in [0.5, 0.6) is 0 Å². The number of hydrogen-bond acceptors (Lipinski definition) is 5. The Balaban J connectivity index is 2.50. The van der Waals surface area contributed by atoms with Crippen LogP contribution in [-0.4, -0.2) is 39.8 Å². The van der Waals surface area contributed by atoms with Crippen molar-refractivity contribution in [3.05, 3.63) is 24.3 Å². The van der Waals surface area contributed by atoms with Crippen LogP contribution in [0, 0.1) is 0 Å². The molecule has 0 saturated carbocycles. The molecule has 0 aliphatic heterocycles. The quantitative estimate of drug-likeness (QED) is 0.761. The van der Waals surface area contributed by atoms with Crippen molar-refractivity contribution in [1.29, 1.82) is 0 Å². The molecule has 6 heteroatoms. The van der Waals surface area contributed by atoms with E-state index in [9.17, 15) is 9.59 Å². The maximum Gasteiger partial charge on any atom is 0.229 e. The van der Waals surface area contributed by atoms with E-state index in [1.807, 2.05) is 0 Å². The summed E-state index contributed by atoms with van der Waals surface area (Å²) < 4.78 is 0. The third kappa shape index (κ3) is 4.28. The first-order valence-electron chi connectivity index (χ1n) is 5.40. The van der Waals surface area contributed by atoms with Crippen LogP contribution in [0.4, 0.5) is 0 Å². The first-order chi connectivity index (χ1) is 8.15. The number of imide groups is 1. The zero-order chi connectivity index (χ0) is 12.7. The number of nitrogens with two attached hydrogens (primary N) is 1. The van der Waals surface area contributed by atoms with Crippen molar-refractivity contribution in [2.75, 3.05) is 13.1 Å². The van der Waals surface area contributed by atoms with Crippen LogP contribution in [0.2, 0.25) is 0 Å². The Labute approximate surface area is 99.8 Å². The lowest BCUT2D eigenvalue weighted by Crippen LogP contribution is -2.38. The van der Waals surface area contributed by atoms with Crippen LogP contribution in [0.15, 0.2) is 18.7 Å². The molecule has 0 unspecified atom stereocenters. The second-order valence-corrected chi connectivity index (χ2v) is 3.60. The minimum Gasteiger partial charge on any atom is -0.329 e. The fourth-order valence-electron chi connectivity index (χ4n) is 1.43. The maximum absolute atomic E-state index is 11.8. The Morgan fingerprint density at radius 1 is 1.35 bits per heavy atom. The van der Waals surface area contributed by atoms with E-state index in [0.29, 0.717) is 6.42 Å². The SMILES string of the molecule is CC(=O)N(CCN)C(=O)CCc1cncnc1. The van der Waals surface area contributed by atoms with Crippen molar-refractivity contribution in [2.45, 2.75) is 19.8 Å². The van der Waals surface area contributed by atoms with Gasteiger partial charge in [-0.3, -0.25) is 14.5 Å². The number of rotatable bonds is 5. The molecule has 2 N–H and O–H groups in total. The van der Waals surface area contributed by atoms with E-state index in [2.05, 4.69) is 9.97 Å². The third-order valence-corrected chi connectivity index (χ3v) is 2.28. The first kappa shape index (κ1) is 13.2. The highest BCUT2D eigenvalue weighted by molar-refractivity contribution is 5.94. The summed E-state index contributed by atoms with van der Waals surface area (Å²) in [4.78, 5) is 31.9. The van der Waals surface area contributed by atoms with Gasteiger partial charge in [-0.2, -0.15) is 0 Å². The van der Waals surface area contributed by atoms with Crippen molar-refractivity contribution in [1.82, 2.24) is 14.9 Å². The monoisotopic (exact) mass is 236 g/mol. The Hall–Kier alpha value is -1.82. The highest BCUT2D eigenvalue weighted by Crippen LogP contribution is 2.02. The summed E-state index contributed by atoms with van der Waals surface area (Å²) in [5.41, 5.74) is 6.22. The van der Waals surface area contributed by atoms with Crippen molar-refractivity contribution < 1.29 is 9.59 Å². The van der Waals surface area contributed by atoms with Crippen LogP contribution >= 0.6 is 0 Å². The molecule has 0 saturated heterocycles. The van der Waals surface area contributed by atoms with Gasteiger partial charge in [0.2, 0.25) is 11.8 Å². The van der Waals surface area contributed by atoms with Gasteiger partial charge in [0.05, 0.1) is 0 Å². The predicted octanol–water partition coefficient (Wildman–Crippen LogP) is -0.257. The van der Waals surface area contributed by atoms with Gasteiger partial charge in [-0.25, -0.2) is 9.97 Å². The van der Waals surface area contributed by atoms with Crippen LogP contribution < -0.4 is 5.73 Å². The Bertz CT molecular complexity index is 380. The van der Waals surface area contributed by atoms with E-state index in [-0.39, 0.29) is 31.3 Å². The summed E-state index contributed by atoms with van der Waals surface area (Å²) in [6.45, 7) is 1.90. The molecule has 1 rings (SSSR count). The van der Waals surface area contributed by atoms with Crippen molar-refractivity contribution >= 4 is 11.8 Å². The van der Waals surface area contributed by atoms with E-state index in [4.69, 9.17) is 5.73 Å². The van der Waals surface area contributed by atoms with Gasteiger partial charge in [0.1, 0.15) is 6.33 Å². The zero-order valence-electron chi connectivity index (χ0n) is 9.80. The van der Waals surface area contributed by atoms with Gasteiger partial charge in [0.25, 0.3) is 0 Å². The fraction of sp³-hybridized carbons (Fsp3) is 0.455. The molecule has 17 heavy (non-hydrogen) atoms. The number of carbonyl (C=O) groups is 2. The molecule has 2 amide bonds. The summed E-state index contributed by atoms with van der Waals surface area (Å²) in [7, 11) is 0. The van der Waals surface area contributed by atoms with Crippen LogP contribution in [0.25, 0.3) is 0 Å². The topological polar surface area (TPSA) is 89.2 Å². The molecule has 1 aromatic rings. The average Bonchev–Trinajstić information content (AvgIpc) is 2.34. The van der Waals surface area contributed by atoms with Gasteiger partial charge in [-0.05, 0) is 12.0 Å². The Morgan fingerprint density at radius 2 is 2.00 bits per heavy atom. The molecule has 92 valence electrons. The fourth-order valence-corrected chi connectivity index (χ4v) is 1.43. The van der Waals surface area contributed by atoms with E-state index in [1.54, 1.807) is 12.4 Å². The first-order valence-corrected chi connectivity index (χ1v) is 5.40.